The molecule has 4 aromatic rings. The smallest absolute Gasteiger partial charge is 0.153 e. The van der Waals surface area contributed by atoms with E-state index in [-0.39, 0.29) is 0 Å². The Labute approximate surface area is 478 Å². The quantitative estimate of drug-likeness (QED) is 0.0348. The maximum Gasteiger partial charge on any atom is 0.153 e. The summed E-state index contributed by atoms with van der Waals surface area (Å²) in [6.07, 6.45) is 30.9. The zero-order valence-electron chi connectivity index (χ0n) is 51.8. The molecule has 0 radical (unpaired) electrons. The second-order valence-corrected chi connectivity index (χ2v) is 50.3. The number of hydrogen-bond acceptors (Lipinski definition) is 1. The number of benzene rings is 4. The van der Waals surface area contributed by atoms with E-state index < -0.39 is 47.8 Å². The van der Waals surface area contributed by atoms with Crippen LogP contribution in [0.4, 0.5) is 0 Å². The third-order valence-electron chi connectivity index (χ3n) is 18.9. The Balaban J connectivity index is 1.87. The molecule has 1 nitrogen and oxygen atoms in total. The van der Waals surface area contributed by atoms with Crippen LogP contribution in [-0.2, 0) is 0 Å². The maximum absolute atomic E-state index is 5.13. The summed E-state index contributed by atoms with van der Waals surface area (Å²) in [7, 11) is -10.0. The number of unbranched alkanes of at least 4 members (excludes halogenated alkanes) is 9. The molecule has 5 rings (SSSR count). The molecular formula is C69H118NP2Si4+. The molecule has 1 aliphatic rings. The van der Waals surface area contributed by atoms with Crippen molar-refractivity contribution in [3.63, 3.8) is 0 Å². The molecule has 76 heavy (non-hydrogen) atoms. The number of hydrogen-bond donors (Lipinski definition) is 1. The highest BCUT2D eigenvalue weighted by Crippen LogP contribution is 2.65. The highest BCUT2D eigenvalue weighted by atomic mass is 31.2. The lowest BCUT2D eigenvalue weighted by Crippen LogP contribution is -2.54. The van der Waals surface area contributed by atoms with E-state index >= 15 is 0 Å². The van der Waals surface area contributed by atoms with Crippen molar-refractivity contribution in [2.45, 2.75) is 290 Å². The lowest BCUT2D eigenvalue weighted by molar-refractivity contribution is 0.509. The van der Waals surface area contributed by atoms with Gasteiger partial charge >= 0.3 is 0 Å². The average molecular weight is 1140 g/mol. The van der Waals surface area contributed by atoms with Crippen LogP contribution in [0, 0.1) is 0 Å². The van der Waals surface area contributed by atoms with Gasteiger partial charge in [0.2, 0.25) is 0 Å². The van der Waals surface area contributed by atoms with Crippen LogP contribution in [0.15, 0.2) is 97.1 Å². The van der Waals surface area contributed by atoms with Crippen LogP contribution < -0.4 is 46.8 Å². The standard InChI is InChI=1S/C69H118NP2Si4/c1-13-22-52-74(53-23-14-2,54-24-15-3)65-46-40-61(41-47-65)71(62-42-48-66(49-43-62)75(55-25-16-4,56-26-17-5)57-27-18-6)70-72(63-36-32-31-33-37-63,68-38-34-35-39-69(68)73(10,11)12)64-44-50-67(51-45-64)76(58-28-19-7,59-29-20-8)60-30-21-9/h34-35,38-51,63,70H,13-33,36-37,52-60H2,1-12H3/q+1. The van der Waals surface area contributed by atoms with Crippen molar-refractivity contribution in [3.8, 4) is 0 Å². The minimum Gasteiger partial charge on any atom is -0.154 e. The zero-order valence-corrected chi connectivity index (χ0v) is 57.6. The fraction of sp³-hybridized carbons (Fsp3) is 0.652. The average Bonchev–Trinajstić information content (AvgIpc) is 3.47. The summed E-state index contributed by atoms with van der Waals surface area (Å²) in [6.45, 7) is 29.8. The van der Waals surface area contributed by atoms with Crippen molar-refractivity contribution in [2.75, 3.05) is 0 Å². The third-order valence-corrected chi connectivity index (χ3v) is 45.2. The molecule has 0 aromatic heterocycles. The molecule has 1 saturated carbocycles. The highest BCUT2D eigenvalue weighted by Gasteiger charge is 2.55. The largest absolute Gasteiger partial charge is 0.154 e. The molecule has 0 saturated heterocycles. The summed E-state index contributed by atoms with van der Waals surface area (Å²) in [6, 6.07) is 56.0. The van der Waals surface area contributed by atoms with Crippen LogP contribution in [0.2, 0.25) is 74.0 Å². The Kier molecular flexibility index (Phi) is 28.8. The molecule has 0 heterocycles. The predicted octanol–water partition coefficient (Wildman–Crippen LogP) is 19.3. The fourth-order valence-corrected chi connectivity index (χ4v) is 42.4. The molecular weight excluding hydrogens is 1020 g/mol. The summed E-state index contributed by atoms with van der Waals surface area (Å²) in [5.41, 5.74) is 0.616. The van der Waals surface area contributed by atoms with Crippen LogP contribution in [0.5, 0.6) is 0 Å². The first-order valence-corrected chi connectivity index (χ1v) is 47.3. The first-order chi connectivity index (χ1) is 36.9. The summed E-state index contributed by atoms with van der Waals surface area (Å²) in [4.78, 5) is 5.13. The van der Waals surface area contributed by atoms with Crippen molar-refractivity contribution >= 4 is 89.7 Å². The van der Waals surface area contributed by atoms with Gasteiger partial charge in [0.25, 0.3) is 0 Å². The summed E-state index contributed by atoms with van der Waals surface area (Å²) in [5, 5.41) is 13.4. The van der Waals surface area contributed by atoms with Crippen molar-refractivity contribution in [3.05, 3.63) is 97.1 Å². The molecule has 0 amide bonds. The molecule has 0 bridgehead atoms. The molecule has 1 atom stereocenters. The Morgan fingerprint density at radius 3 is 1.00 bits per heavy atom. The van der Waals surface area contributed by atoms with E-state index in [0.29, 0.717) is 5.66 Å². The van der Waals surface area contributed by atoms with Gasteiger partial charge in [-0.25, -0.2) is 0 Å². The zero-order chi connectivity index (χ0) is 54.9. The van der Waals surface area contributed by atoms with Gasteiger partial charge in [-0.05, 0) is 59.7 Å². The Morgan fingerprint density at radius 1 is 0.395 bits per heavy atom. The van der Waals surface area contributed by atoms with Crippen molar-refractivity contribution in [2.24, 2.45) is 0 Å². The van der Waals surface area contributed by atoms with E-state index in [4.69, 9.17) is 4.86 Å². The summed E-state index contributed by atoms with van der Waals surface area (Å²) >= 11 is 0. The van der Waals surface area contributed by atoms with Crippen molar-refractivity contribution < 1.29 is 0 Å². The van der Waals surface area contributed by atoms with Crippen LogP contribution >= 0.6 is 15.5 Å². The van der Waals surface area contributed by atoms with E-state index in [0.717, 1.165) is 0 Å². The molecule has 1 aliphatic carbocycles. The molecule has 424 valence electrons. The Bertz CT molecular complexity index is 2040. The van der Waals surface area contributed by atoms with Crippen LogP contribution in [0.25, 0.3) is 0 Å². The van der Waals surface area contributed by atoms with Gasteiger partial charge in [0, 0.05) is 0 Å². The normalized spacial score (nSPS) is 14.9. The molecule has 4 aromatic carbocycles. The molecule has 7 heteroatoms. The molecule has 1 N–H and O–H groups in total. The SMILES string of the molecule is CCCC[Si](CCCC)(CCCC)c1ccc(P(N[P+](c2ccc([Si](CCCC)(CCCC)CCCC)cc2)(c2ccccc2[Si](C)(C)C)C2CCCCC2)c2ccc([Si](CCCC)(CCCC)CCCC)cc2)cc1. The highest BCUT2D eigenvalue weighted by molar-refractivity contribution is 7.96. The van der Waals surface area contributed by atoms with Gasteiger partial charge in [-0.3, -0.25) is 0 Å². The molecule has 1 unspecified atom stereocenters. The number of rotatable bonds is 38. The van der Waals surface area contributed by atoms with E-state index in [1.807, 2.05) is 0 Å². The van der Waals surface area contributed by atoms with Crippen LogP contribution in [-0.4, -0.2) is 38.0 Å². The second kappa shape index (κ2) is 33.5. The maximum atomic E-state index is 5.13. The van der Waals surface area contributed by atoms with Crippen LogP contribution in [0.1, 0.15) is 210 Å². The summed E-state index contributed by atoms with van der Waals surface area (Å²) in [5.74, 6) is 0. The topological polar surface area (TPSA) is 12.0 Å². The first-order valence-electron chi connectivity index (χ1n) is 32.8. The second-order valence-electron chi connectivity index (χ2n) is 25.6. The van der Waals surface area contributed by atoms with Crippen LogP contribution in [0.3, 0.4) is 0 Å². The van der Waals surface area contributed by atoms with E-state index in [1.165, 1.54) is 202 Å². The minimum absolute atomic E-state index is 0.616. The van der Waals surface area contributed by atoms with Gasteiger partial charge in [0.1, 0.15) is 10.6 Å². The van der Waals surface area contributed by atoms with Gasteiger partial charge in [-0.1, -0.05) is 353 Å². The summed E-state index contributed by atoms with van der Waals surface area (Å²) < 4.78 is 0. The van der Waals surface area contributed by atoms with Gasteiger partial charge in [-0.15, -0.1) is 0 Å². The van der Waals surface area contributed by atoms with Gasteiger partial charge < -0.3 is 0 Å². The van der Waals surface area contributed by atoms with Gasteiger partial charge in [0.15, 0.2) is 7.41 Å². The van der Waals surface area contributed by atoms with E-state index in [1.54, 1.807) is 42.0 Å². The fourth-order valence-electron chi connectivity index (χ4n) is 14.1. The molecule has 0 aliphatic heterocycles. The lowest BCUT2D eigenvalue weighted by atomic mass is 10.0. The molecule has 0 spiro atoms. The van der Waals surface area contributed by atoms with Crippen molar-refractivity contribution in [1.29, 1.82) is 0 Å². The first kappa shape index (κ1) is 65.4. The van der Waals surface area contributed by atoms with E-state index in [9.17, 15) is 0 Å². The Hall–Kier alpha value is -1.43. The minimum atomic E-state index is -2.26. The lowest BCUT2D eigenvalue weighted by Gasteiger charge is -2.41. The third kappa shape index (κ3) is 17.1. The van der Waals surface area contributed by atoms with Gasteiger partial charge in [0.05, 0.1) is 46.0 Å². The molecule has 1 fully saturated rings. The van der Waals surface area contributed by atoms with E-state index in [2.05, 4.69) is 179 Å². The number of nitrogens with one attached hydrogen (secondary N) is 1. The predicted molar refractivity (Wildman–Crippen MR) is 365 cm³/mol. The Morgan fingerprint density at radius 2 is 0.697 bits per heavy atom. The monoisotopic (exact) mass is 1130 g/mol. The van der Waals surface area contributed by atoms with Crippen molar-refractivity contribution in [1.82, 2.24) is 4.86 Å². The van der Waals surface area contributed by atoms with Gasteiger partial charge in [-0.2, -0.15) is 4.86 Å².